The number of rotatable bonds is 3. The van der Waals surface area contributed by atoms with Crippen LogP contribution in [-0.2, 0) is 6.54 Å². The zero-order chi connectivity index (χ0) is 12.4. The van der Waals surface area contributed by atoms with Gasteiger partial charge in [-0.15, -0.1) is 0 Å². The van der Waals surface area contributed by atoms with E-state index in [1.807, 2.05) is 0 Å². The third-order valence-corrected chi connectivity index (χ3v) is 2.43. The van der Waals surface area contributed by atoms with Crippen molar-refractivity contribution in [2.24, 2.45) is 0 Å². The molecule has 2 aromatic heterocycles. The molecule has 0 amide bonds. The largest absolute Gasteiger partial charge is 0.392 e. The fraction of sp³-hybridized carbons (Fsp3) is 0.200. The van der Waals surface area contributed by atoms with Crippen LogP contribution in [0.15, 0.2) is 24.5 Å². The third-order valence-electron chi connectivity index (χ3n) is 2.19. The number of hydrogen-bond donors (Lipinski definition) is 0. The van der Waals surface area contributed by atoms with Gasteiger partial charge in [0.15, 0.2) is 0 Å². The molecule has 2 aromatic rings. The molecule has 7 heteroatoms. The highest BCUT2D eigenvalue weighted by molar-refractivity contribution is 6.30. The summed E-state index contributed by atoms with van der Waals surface area (Å²) < 4.78 is 1.48. The second kappa shape index (κ2) is 4.50. The lowest BCUT2D eigenvalue weighted by molar-refractivity contribution is -0.390. The van der Waals surface area contributed by atoms with Crippen molar-refractivity contribution >= 4 is 17.4 Å². The molecule has 6 nitrogen and oxygen atoms in total. The van der Waals surface area contributed by atoms with E-state index in [9.17, 15) is 10.1 Å². The number of hydrogen-bond acceptors (Lipinski definition) is 4. The zero-order valence-electron chi connectivity index (χ0n) is 9.00. The summed E-state index contributed by atoms with van der Waals surface area (Å²) in [6.07, 6.45) is 3.20. The topological polar surface area (TPSA) is 73.8 Å². The minimum atomic E-state index is -0.503. The van der Waals surface area contributed by atoms with Crippen LogP contribution in [0, 0.1) is 17.0 Å². The first-order valence-corrected chi connectivity index (χ1v) is 5.23. The van der Waals surface area contributed by atoms with Crippen molar-refractivity contribution in [2.75, 3.05) is 0 Å². The van der Waals surface area contributed by atoms with Crippen molar-refractivity contribution in [1.29, 1.82) is 0 Å². The highest BCUT2D eigenvalue weighted by Crippen LogP contribution is 2.15. The number of nitrogens with zero attached hydrogens (tertiary/aromatic N) is 4. The van der Waals surface area contributed by atoms with Crippen LogP contribution in [0.2, 0.25) is 5.02 Å². The molecule has 0 aromatic carbocycles. The second-order valence-electron chi connectivity index (χ2n) is 3.56. The van der Waals surface area contributed by atoms with Crippen LogP contribution in [0.5, 0.6) is 0 Å². The monoisotopic (exact) mass is 252 g/mol. The van der Waals surface area contributed by atoms with Crippen LogP contribution < -0.4 is 0 Å². The summed E-state index contributed by atoms with van der Waals surface area (Å²) in [5, 5.41) is 15.1. The van der Waals surface area contributed by atoms with Crippen molar-refractivity contribution in [1.82, 2.24) is 14.8 Å². The van der Waals surface area contributed by atoms with Gasteiger partial charge in [0.25, 0.3) is 0 Å². The smallest absolute Gasteiger partial charge is 0.358 e. The molecule has 0 aliphatic heterocycles. The lowest BCUT2D eigenvalue weighted by Crippen LogP contribution is -2.02. The average Bonchev–Trinajstić information content (AvgIpc) is 2.59. The Labute approximate surface area is 102 Å². The normalized spacial score (nSPS) is 10.5. The van der Waals surface area contributed by atoms with Crippen molar-refractivity contribution in [2.45, 2.75) is 13.5 Å². The van der Waals surface area contributed by atoms with Crippen LogP contribution in [0.3, 0.4) is 0 Å². The molecule has 0 atom stereocenters. The summed E-state index contributed by atoms with van der Waals surface area (Å²) in [5.74, 6) is -0.132. The van der Waals surface area contributed by atoms with E-state index < -0.39 is 4.92 Å². The van der Waals surface area contributed by atoms with E-state index in [1.54, 1.807) is 31.5 Å². The maximum Gasteiger partial charge on any atom is 0.392 e. The predicted molar refractivity (Wildman–Crippen MR) is 62.0 cm³/mol. The summed E-state index contributed by atoms with van der Waals surface area (Å²) >= 11 is 5.82. The van der Waals surface area contributed by atoms with Crippen LogP contribution in [-0.4, -0.2) is 19.7 Å². The fourth-order valence-electron chi connectivity index (χ4n) is 1.47. The van der Waals surface area contributed by atoms with Gasteiger partial charge in [0, 0.05) is 11.2 Å². The van der Waals surface area contributed by atoms with Crippen molar-refractivity contribution in [3.05, 3.63) is 50.9 Å². The minimum Gasteiger partial charge on any atom is -0.358 e. The molecule has 88 valence electrons. The Kier molecular flexibility index (Phi) is 3.06. The SMILES string of the molecule is Cc1cn(Cc2cc(Cl)ccn2)nc1[N+](=O)[O-]. The van der Waals surface area contributed by atoms with E-state index in [1.165, 1.54) is 4.68 Å². The number of pyridine rings is 1. The molecule has 0 aliphatic carbocycles. The van der Waals surface area contributed by atoms with Crippen molar-refractivity contribution in [3.8, 4) is 0 Å². The fourth-order valence-corrected chi connectivity index (χ4v) is 1.66. The summed E-state index contributed by atoms with van der Waals surface area (Å²) in [6, 6.07) is 3.37. The molecule has 0 unspecified atom stereocenters. The van der Waals surface area contributed by atoms with Gasteiger partial charge >= 0.3 is 5.82 Å². The summed E-state index contributed by atoms with van der Waals surface area (Å²) in [6.45, 7) is 2.00. The first kappa shape index (κ1) is 11.5. The molecular weight excluding hydrogens is 244 g/mol. The van der Waals surface area contributed by atoms with E-state index in [-0.39, 0.29) is 5.82 Å². The summed E-state index contributed by atoms with van der Waals surface area (Å²) in [7, 11) is 0. The molecule has 0 bridgehead atoms. The third kappa shape index (κ3) is 2.59. The van der Waals surface area contributed by atoms with Gasteiger partial charge in [-0.1, -0.05) is 11.6 Å². The number of aromatic nitrogens is 3. The molecule has 0 fully saturated rings. The number of halogens is 1. The van der Waals surface area contributed by atoms with Gasteiger partial charge in [0.1, 0.15) is 6.54 Å². The Morgan fingerprint density at radius 1 is 1.59 bits per heavy atom. The van der Waals surface area contributed by atoms with Crippen LogP contribution in [0.1, 0.15) is 11.3 Å². The maximum atomic E-state index is 10.6. The molecule has 0 aliphatic rings. The van der Waals surface area contributed by atoms with Crippen LogP contribution >= 0.6 is 11.6 Å². The standard InChI is InChI=1S/C10H9ClN4O2/c1-7-5-14(13-10(7)15(16)17)6-9-4-8(11)2-3-12-9/h2-5H,6H2,1H3. The maximum absolute atomic E-state index is 10.6. The first-order chi connectivity index (χ1) is 8.06. The van der Waals surface area contributed by atoms with Gasteiger partial charge in [-0.2, -0.15) is 4.68 Å². The van der Waals surface area contributed by atoms with Crippen molar-refractivity contribution in [3.63, 3.8) is 0 Å². The minimum absolute atomic E-state index is 0.132. The quantitative estimate of drug-likeness (QED) is 0.620. The van der Waals surface area contributed by atoms with Gasteiger partial charge in [-0.05, 0) is 24.0 Å². The molecule has 0 spiro atoms. The van der Waals surface area contributed by atoms with E-state index in [4.69, 9.17) is 11.6 Å². The lowest BCUT2D eigenvalue weighted by Gasteiger charge is -1.97. The summed E-state index contributed by atoms with van der Waals surface area (Å²) in [4.78, 5) is 14.2. The Bertz CT molecular complexity index is 567. The molecule has 0 saturated heterocycles. The molecule has 2 rings (SSSR count). The van der Waals surface area contributed by atoms with E-state index in [0.29, 0.717) is 22.8 Å². The molecule has 0 radical (unpaired) electrons. The number of aryl methyl sites for hydroxylation is 1. The Morgan fingerprint density at radius 2 is 2.35 bits per heavy atom. The molecule has 0 saturated carbocycles. The summed E-state index contributed by atoms with van der Waals surface area (Å²) in [5.41, 5.74) is 1.23. The highest BCUT2D eigenvalue weighted by Gasteiger charge is 2.17. The van der Waals surface area contributed by atoms with Gasteiger partial charge in [0.05, 0.1) is 22.6 Å². The second-order valence-corrected chi connectivity index (χ2v) is 3.99. The van der Waals surface area contributed by atoms with Gasteiger partial charge in [0.2, 0.25) is 0 Å². The molecule has 0 N–H and O–H groups in total. The van der Waals surface area contributed by atoms with Gasteiger partial charge in [-0.25, -0.2) is 0 Å². The van der Waals surface area contributed by atoms with Gasteiger partial charge < -0.3 is 10.1 Å². The van der Waals surface area contributed by atoms with Gasteiger partial charge in [-0.3, -0.25) is 4.98 Å². The molecule has 17 heavy (non-hydrogen) atoms. The zero-order valence-corrected chi connectivity index (χ0v) is 9.76. The Hall–Kier alpha value is -1.95. The van der Waals surface area contributed by atoms with E-state index in [0.717, 1.165) is 0 Å². The van der Waals surface area contributed by atoms with Crippen molar-refractivity contribution < 1.29 is 4.92 Å². The van der Waals surface area contributed by atoms with Crippen LogP contribution in [0.25, 0.3) is 0 Å². The van der Waals surface area contributed by atoms with E-state index >= 15 is 0 Å². The number of nitro groups is 1. The van der Waals surface area contributed by atoms with Crippen LogP contribution in [0.4, 0.5) is 5.82 Å². The average molecular weight is 253 g/mol. The lowest BCUT2D eigenvalue weighted by atomic mass is 10.3. The Balaban J connectivity index is 2.25. The Morgan fingerprint density at radius 3 is 2.94 bits per heavy atom. The molecule has 2 heterocycles. The first-order valence-electron chi connectivity index (χ1n) is 4.85. The molecular formula is C10H9ClN4O2. The van der Waals surface area contributed by atoms with E-state index in [2.05, 4.69) is 10.1 Å². The predicted octanol–water partition coefficient (Wildman–Crippen LogP) is 2.20. The highest BCUT2D eigenvalue weighted by atomic mass is 35.5.